The van der Waals surface area contributed by atoms with E-state index in [-0.39, 0.29) is 11.4 Å². The number of hydrogen-bond donors (Lipinski definition) is 2. The van der Waals surface area contributed by atoms with Crippen molar-refractivity contribution in [2.75, 3.05) is 36.5 Å². The lowest BCUT2D eigenvalue weighted by Gasteiger charge is -2.28. The third-order valence-electron chi connectivity index (χ3n) is 5.98. The number of nitrogens with zero attached hydrogens (tertiary/aromatic N) is 3. The number of anilines is 2. The van der Waals surface area contributed by atoms with E-state index in [1.165, 1.54) is 12.0 Å². The van der Waals surface area contributed by atoms with E-state index in [4.69, 9.17) is 9.15 Å². The summed E-state index contributed by atoms with van der Waals surface area (Å²) in [6, 6.07) is 8.28. The highest BCUT2D eigenvalue weighted by molar-refractivity contribution is 6.09. The molecule has 1 aliphatic carbocycles. The summed E-state index contributed by atoms with van der Waals surface area (Å²) in [4.78, 5) is 24.1. The minimum atomic E-state index is -0.201. The maximum atomic E-state index is 12.9. The van der Waals surface area contributed by atoms with Crippen LogP contribution in [0.2, 0.25) is 0 Å². The maximum Gasteiger partial charge on any atom is 0.255 e. The van der Waals surface area contributed by atoms with Crippen LogP contribution in [0.4, 0.5) is 11.5 Å². The molecule has 3 aromatic rings. The molecular weight excluding hydrogens is 394 g/mol. The van der Waals surface area contributed by atoms with Crippen LogP contribution >= 0.6 is 0 Å². The van der Waals surface area contributed by atoms with Crippen LogP contribution in [-0.4, -0.2) is 47.7 Å². The predicted octanol–water partition coefficient (Wildman–Crippen LogP) is 3.26. The van der Waals surface area contributed by atoms with Crippen LogP contribution < -0.4 is 15.5 Å². The first-order valence-electron chi connectivity index (χ1n) is 10.7. The Balaban J connectivity index is 1.30. The molecule has 2 aromatic heterocycles. The Hall–Kier alpha value is -3.13. The molecule has 8 heteroatoms. The average molecular weight is 422 g/mol. The predicted molar refractivity (Wildman–Crippen MR) is 118 cm³/mol. The van der Waals surface area contributed by atoms with Gasteiger partial charge < -0.3 is 24.7 Å². The standard InChI is InChI=1S/C23H27N5O3/c1-15-25-20(27-23(2)7-8-23)19-18(14-31-22(19)26-15)21(29)24-13-16-3-5-17(6-4-16)28-9-11-30-12-10-28/h3-6,14H,7-13H2,1-2H3,(H,24,29)(H,25,26,27). The van der Waals surface area contributed by atoms with Gasteiger partial charge in [0.2, 0.25) is 5.71 Å². The van der Waals surface area contributed by atoms with Gasteiger partial charge in [-0.3, -0.25) is 4.79 Å². The van der Waals surface area contributed by atoms with Crippen molar-refractivity contribution < 1.29 is 13.9 Å². The highest BCUT2D eigenvalue weighted by Crippen LogP contribution is 2.39. The van der Waals surface area contributed by atoms with Crippen molar-refractivity contribution in [3.05, 3.63) is 47.5 Å². The molecule has 0 bridgehead atoms. The van der Waals surface area contributed by atoms with Gasteiger partial charge in [-0.1, -0.05) is 12.1 Å². The summed E-state index contributed by atoms with van der Waals surface area (Å²) < 4.78 is 11.0. The van der Waals surface area contributed by atoms with Crippen molar-refractivity contribution >= 4 is 28.5 Å². The first-order chi connectivity index (χ1) is 15.0. The fraction of sp³-hybridized carbons (Fsp3) is 0.435. The first kappa shape index (κ1) is 19.8. The van der Waals surface area contributed by atoms with Gasteiger partial charge in [0.05, 0.1) is 24.2 Å². The van der Waals surface area contributed by atoms with Gasteiger partial charge in [-0.05, 0) is 44.4 Å². The van der Waals surface area contributed by atoms with Gasteiger partial charge in [-0.15, -0.1) is 0 Å². The normalized spacial score (nSPS) is 17.5. The van der Waals surface area contributed by atoms with Crippen LogP contribution in [0.1, 0.15) is 41.5 Å². The lowest BCUT2D eigenvalue weighted by Crippen LogP contribution is -2.36. The summed E-state index contributed by atoms with van der Waals surface area (Å²) in [5, 5.41) is 7.10. The van der Waals surface area contributed by atoms with Gasteiger partial charge in [-0.25, -0.2) is 4.98 Å². The number of aromatic nitrogens is 2. The number of morpholine rings is 1. The number of ether oxygens (including phenoxy) is 1. The molecule has 5 rings (SSSR count). The smallest absolute Gasteiger partial charge is 0.255 e. The molecule has 31 heavy (non-hydrogen) atoms. The zero-order chi connectivity index (χ0) is 21.4. The molecule has 2 N–H and O–H groups in total. The molecule has 2 aliphatic rings. The molecule has 1 aliphatic heterocycles. The van der Waals surface area contributed by atoms with E-state index in [0.717, 1.165) is 44.7 Å². The number of carbonyl (C=O) groups is 1. The van der Waals surface area contributed by atoms with E-state index in [0.29, 0.717) is 34.9 Å². The van der Waals surface area contributed by atoms with E-state index < -0.39 is 0 Å². The largest absolute Gasteiger partial charge is 0.445 e. The van der Waals surface area contributed by atoms with Crippen LogP contribution in [0.25, 0.3) is 11.1 Å². The fourth-order valence-corrected chi connectivity index (χ4v) is 3.83. The van der Waals surface area contributed by atoms with Crippen molar-refractivity contribution in [2.24, 2.45) is 0 Å². The number of furan rings is 1. The van der Waals surface area contributed by atoms with Crippen LogP contribution in [-0.2, 0) is 11.3 Å². The first-order valence-corrected chi connectivity index (χ1v) is 10.7. The number of rotatable bonds is 6. The second-order valence-corrected chi connectivity index (χ2v) is 8.58. The number of fused-ring (bicyclic) bond motifs is 1. The molecule has 0 spiro atoms. The Bertz CT molecular complexity index is 1100. The molecule has 2 fully saturated rings. The molecular formula is C23H27N5O3. The van der Waals surface area contributed by atoms with Gasteiger partial charge in [-0.2, -0.15) is 4.98 Å². The van der Waals surface area contributed by atoms with E-state index in [9.17, 15) is 4.79 Å². The van der Waals surface area contributed by atoms with E-state index in [1.54, 1.807) is 0 Å². The third-order valence-corrected chi connectivity index (χ3v) is 5.98. The van der Waals surface area contributed by atoms with Crippen LogP contribution in [0.5, 0.6) is 0 Å². The Kier molecular flexibility index (Phi) is 5.02. The highest BCUT2D eigenvalue weighted by atomic mass is 16.5. The van der Waals surface area contributed by atoms with Crippen molar-refractivity contribution in [3.63, 3.8) is 0 Å². The lowest BCUT2D eigenvalue weighted by atomic mass is 10.1. The van der Waals surface area contributed by atoms with E-state index in [1.807, 2.05) is 19.1 Å². The summed E-state index contributed by atoms with van der Waals surface area (Å²) in [6.45, 7) is 7.73. The number of carbonyl (C=O) groups excluding carboxylic acids is 1. The minimum absolute atomic E-state index is 0.0287. The van der Waals surface area contributed by atoms with E-state index in [2.05, 4.69) is 44.6 Å². The van der Waals surface area contributed by atoms with Crippen molar-refractivity contribution in [1.82, 2.24) is 15.3 Å². The topological polar surface area (TPSA) is 92.5 Å². The van der Waals surface area contributed by atoms with Gasteiger partial charge in [0.1, 0.15) is 17.9 Å². The molecule has 3 heterocycles. The van der Waals surface area contributed by atoms with Gasteiger partial charge in [0.15, 0.2) is 0 Å². The molecule has 1 saturated carbocycles. The third kappa shape index (κ3) is 4.20. The summed E-state index contributed by atoms with van der Waals surface area (Å²) in [5.74, 6) is 1.07. The van der Waals surface area contributed by atoms with Crippen LogP contribution in [0.3, 0.4) is 0 Å². The number of hydrogen-bond acceptors (Lipinski definition) is 7. The Morgan fingerprint density at radius 2 is 1.90 bits per heavy atom. The number of amides is 1. The quantitative estimate of drug-likeness (QED) is 0.631. The molecule has 0 atom stereocenters. The zero-order valence-electron chi connectivity index (χ0n) is 17.9. The summed E-state index contributed by atoms with van der Waals surface area (Å²) in [5.41, 5.74) is 3.12. The SMILES string of the molecule is Cc1nc(NC2(C)CC2)c2c(C(=O)NCc3ccc(N4CCOCC4)cc3)coc2n1. The van der Waals surface area contributed by atoms with E-state index >= 15 is 0 Å². The molecule has 8 nitrogen and oxygen atoms in total. The molecule has 1 aromatic carbocycles. The summed E-state index contributed by atoms with van der Waals surface area (Å²) in [7, 11) is 0. The molecule has 0 unspecified atom stereocenters. The lowest BCUT2D eigenvalue weighted by molar-refractivity contribution is 0.0951. The molecule has 1 saturated heterocycles. The van der Waals surface area contributed by atoms with Crippen LogP contribution in [0.15, 0.2) is 34.9 Å². The number of benzene rings is 1. The fourth-order valence-electron chi connectivity index (χ4n) is 3.83. The maximum absolute atomic E-state index is 12.9. The van der Waals surface area contributed by atoms with Crippen molar-refractivity contribution in [1.29, 1.82) is 0 Å². The Morgan fingerprint density at radius 3 is 2.61 bits per heavy atom. The molecule has 162 valence electrons. The Labute approximate surface area is 181 Å². The number of aryl methyl sites for hydroxylation is 1. The highest BCUT2D eigenvalue weighted by Gasteiger charge is 2.38. The van der Waals surface area contributed by atoms with Crippen LogP contribution in [0, 0.1) is 6.92 Å². The average Bonchev–Trinajstić information content (AvgIpc) is 3.34. The van der Waals surface area contributed by atoms with Gasteiger partial charge in [0, 0.05) is 30.9 Å². The van der Waals surface area contributed by atoms with Gasteiger partial charge in [0.25, 0.3) is 5.91 Å². The zero-order valence-corrected chi connectivity index (χ0v) is 17.9. The van der Waals surface area contributed by atoms with Crippen molar-refractivity contribution in [3.8, 4) is 0 Å². The molecule has 1 amide bonds. The second kappa shape index (κ2) is 7.85. The monoisotopic (exact) mass is 421 g/mol. The van der Waals surface area contributed by atoms with Gasteiger partial charge >= 0.3 is 0 Å². The minimum Gasteiger partial charge on any atom is -0.445 e. The number of nitrogens with one attached hydrogen (secondary N) is 2. The second-order valence-electron chi connectivity index (χ2n) is 8.58. The summed E-state index contributed by atoms with van der Waals surface area (Å²) >= 11 is 0. The van der Waals surface area contributed by atoms with Crippen molar-refractivity contribution in [2.45, 2.75) is 38.8 Å². The summed E-state index contributed by atoms with van der Waals surface area (Å²) in [6.07, 6.45) is 3.63. The molecule has 0 radical (unpaired) electrons. The Morgan fingerprint density at radius 1 is 1.16 bits per heavy atom.